The van der Waals surface area contributed by atoms with Crippen LogP contribution < -0.4 is 0 Å². The lowest BCUT2D eigenvalue weighted by atomic mass is 10.3. The molecule has 0 fully saturated rings. The highest BCUT2D eigenvalue weighted by atomic mass is 15.1. The van der Waals surface area contributed by atoms with E-state index in [0.29, 0.717) is 0 Å². The quantitative estimate of drug-likeness (QED) is 0.451. The molecule has 0 N–H and O–H groups in total. The maximum absolute atomic E-state index is 3.79. The number of nitrogens with zero attached hydrogens (tertiary/aromatic N) is 2. The lowest BCUT2D eigenvalue weighted by Gasteiger charge is -1.88. The maximum Gasteiger partial charge on any atom is 0.0592 e. The fourth-order valence-electron chi connectivity index (χ4n) is 0.685. The van der Waals surface area contributed by atoms with Crippen molar-refractivity contribution in [1.29, 1.82) is 0 Å². The van der Waals surface area contributed by atoms with Crippen LogP contribution in [0.1, 0.15) is 13.3 Å². The highest BCUT2D eigenvalue weighted by molar-refractivity contribution is 5.17. The summed E-state index contributed by atoms with van der Waals surface area (Å²) >= 11 is 0. The minimum atomic E-state index is 0.734. The average molecular weight is 176 g/mol. The number of rotatable bonds is 5. The second-order valence-electron chi connectivity index (χ2n) is 2.70. The first-order valence-corrected chi connectivity index (χ1v) is 4.13. The van der Waals surface area contributed by atoms with Crippen molar-refractivity contribution in [1.82, 2.24) is 0 Å². The van der Waals surface area contributed by atoms with Crippen LogP contribution in [-0.4, -0.2) is 7.05 Å². The summed E-state index contributed by atoms with van der Waals surface area (Å²) in [6.45, 7) is 9.42. The van der Waals surface area contributed by atoms with Crippen LogP contribution >= 0.6 is 0 Å². The second kappa shape index (κ2) is 7.22. The van der Waals surface area contributed by atoms with Crippen LogP contribution in [0.2, 0.25) is 0 Å². The van der Waals surface area contributed by atoms with Gasteiger partial charge in [-0.15, -0.1) is 0 Å². The molecule has 0 unspecified atom stereocenters. The van der Waals surface area contributed by atoms with Crippen molar-refractivity contribution in [2.45, 2.75) is 13.3 Å². The Morgan fingerprint density at radius 1 is 1.31 bits per heavy atom. The summed E-state index contributed by atoms with van der Waals surface area (Å²) in [5, 5.41) is 7.42. The molecule has 0 heterocycles. The summed E-state index contributed by atoms with van der Waals surface area (Å²) < 4.78 is 0. The van der Waals surface area contributed by atoms with Crippen molar-refractivity contribution in [3.05, 3.63) is 48.7 Å². The van der Waals surface area contributed by atoms with Crippen molar-refractivity contribution < 1.29 is 0 Å². The zero-order valence-electron chi connectivity index (χ0n) is 8.33. The first kappa shape index (κ1) is 11.6. The van der Waals surface area contributed by atoms with Crippen LogP contribution in [0.25, 0.3) is 0 Å². The molecule has 0 saturated carbocycles. The van der Waals surface area contributed by atoms with Crippen LogP contribution in [-0.2, 0) is 0 Å². The topological polar surface area (TPSA) is 24.7 Å². The Balaban J connectivity index is 3.76. The summed E-state index contributed by atoms with van der Waals surface area (Å²) in [7, 11) is 1.63. The van der Waals surface area contributed by atoms with Crippen LogP contribution in [0.4, 0.5) is 0 Å². The van der Waals surface area contributed by atoms with Crippen LogP contribution in [0.15, 0.2) is 59.0 Å². The van der Waals surface area contributed by atoms with E-state index in [1.807, 2.05) is 31.2 Å². The molecule has 2 nitrogen and oxygen atoms in total. The van der Waals surface area contributed by atoms with Gasteiger partial charge in [0.25, 0.3) is 0 Å². The van der Waals surface area contributed by atoms with E-state index in [-0.39, 0.29) is 0 Å². The van der Waals surface area contributed by atoms with Crippen molar-refractivity contribution in [2.24, 2.45) is 10.2 Å². The molecule has 0 aromatic heterocycles. The molecule has 0 atom stereocenters. The molecule has 0 spiro atoms. The van der Waals surface area contributed by atoms with Gasteiger partial charge < -0.3 is 0 Å². The largest absolute Gasteiger partial charge is 0.192 e. The molecule has 0 aliphatic rings. The summed E-state index contributed by atoms with van der Waals surface area (Å²) in [4.78, 5) is 0. The molecular formula is C11H16N2. The van der Waals surface area contributed by atoms with E-state index < -0.39 is 0 Å². The molecule has 0 radical (unpaired) electrons. The van der Waals surface area contributed by atoms with Crippen molar-refractivity contribution in [2.75, 3.05) is 7.05 Å². The fraction of sp³-hybridized carbons (Fsp3) is 0.273. The van der Waals surface area contributed by atoms with Gasteiger partial charge in [-0.2, -0.15) is 10.2 Å². The summed E-state index contributed by atoms with van der Waals surface area (Å²) in [6, 6.07) is 0. The number of hydrogen-bond donors (Lipinski definition) is 0. The standard InChI is InChI=1S/C11H16N2/c1-10(2)8-6-5-7-9-11(3)13-12-4/h5-8H,1,3,9H2,2,4H3/b7-5-,8-6-,13-12-. The van der Waals surface area contributed by atoms with E-state index in [2.05, 4.69) is 23.4 Å². The van der Waals surface area contributed by atoms with Gasteiger partial charge in [-0.3, -0.25) is 0 Å². The number of allylic oxidation sites excluding steroid dienone is 5. The van der Waals surface area contributed by atoms with Crippen LogP contribution in [0.3, 0.4) is 0 Å². The van der Waals surface area contributed by atoms with Gasteiger partial charge in [-0.25, -0.2) is 0 Å². The van der Waals surface area contributed by atoms with E-state index in [0.717, 1.165) is 17.7 Å². The third kappa shape index (κ3) is 8.47. The molecule has 0 aliphatic heterocycles. The van der Waals surface area contributed by atoms with Gasteiger partial charge >= 0.3 is 0 Å². The fourth-order valence-corrected chi connectivity index (χ4v) is 0.685. The van der Waals surface area contributed by atoms with Gasteiger partial charge in [0.1, 0.15) is 0 Å². The zero-order valence-corrected chi connectivity index (χ0v) is 8.33. The molecule has 0 aromatic rings. The van der Waals surface area contributed by atoms with Crippen molar-refractivity contribution >= 4 is 0 Å². The molecule has 0 bridgehead atoms. The molecule has 0 amide bonds. The first-order chi connectivity index (χ1) is 6.16. The van der Waals surface area contributed by atoms with E-state index >= 15 is 0 Å². The van der Waals surface area contributed by atoms with E-state index in [4.69, 9.17) is 0 Å². The van der Waals surface area contributed by atoms with E-state index in [1.54, 1.807) is 7.05 Å². The Labute approximate surface area is 80.1 Å². The Hall–Kier alpha value is -1.44. The minimum absolute atomic E-state index is 0.734. The highest BCUT2D eigenvalue weighted by Crippen LogP contribution is 2.01. The van der Waals surface area contributed by atoms with Crippen molar-refractivity contribution in [3.63, 3.8) is 0 Å². The van der Waals surface area contributed by atoms with E-state index in [1.165, 1.54) is 0 Å². The average Bonchev–Trinajstić information content (AvgIpc) is 2.03. The predicted molar refractivity (Wildman–Crippen MR) is 57.6 cm³/mol. The normalized spacial score (nSPS) is 11.8. The smallest absolute Gasteiger partial charge is 0.0592 e. The summed E-state index contributed by atoms with van der Waals surface area (Å²) in [5.41, 5.74) is 1.80. The van der Waals surface area contributed by atoms with Crippen LogP contribution in [0.5, 0.6) is 0 Å². The lowest BCUT2D eigenvalue weighted by Crippen LogP contribution is -1.69. The molecule has 0 aromatic carbocycles. The predicted octanol–water partition coefficient (Wildman–Crippen LogP) is 3.66. The Morgan fingerprint density at radius 3 is 2.54 bits per heavy atom. The lowest BCUT2D eigenvalue weighted by molar-refractivity contribution is 1.04. The molecule has 2 heteroatoms. The molecule has 70 valence electrons. The second-order valence-corrected chi connectivity index (χ2v) is 2.70. The summed E-state index contributed by atoms with van der Waals surface area (Å²) in [5.74, 6) is 0. The van der Waals surface area contributed by atoms with Gasteiger partial charge in [0.15, 0.2) is 0 Å². The van der Waals surface area contributed by atoms with Gasteiger partial charge in [-0.1, -0.05) is 43.0 Å². The van der Waals surface area contributed by atoms with Crippen molar-refractivity contribution in [3.8, 4) is 0 Å². The summed E-state index contributed by atoms with van der Waals surface area (Å²) in [6.07, 6.45) is 8.55. The monoisotopic (exact) mass is 176 g/mol. The Morgan fingerprint density at radius 2 is 2.00 bits per heavy atom. The Kier molecular flexibility index (Phi) is 6.42. The highest BCUT2D eigenvalue weighted by Gasteiger charge is 1.83. The van der Waals surface area contributed by atoms with Gasteiger partial charge in [0.2, 0.25) is 0 Å². The molecule has 13 heavy (non-hydrogen) atoms. The Bertz CT molecular complexity index is 257. The van der Waals surface area contributed by atoms with Crippen LogP contribution in [0, 0.1) is 0 Å². The molecule has 0 rings (SSSR count). The van der Waals surface area contributed by atoms with Gasteiger partial charge in [-0.05, 0) is 6.92 Å². The molecule has 0 saturated heterocycles. The number of hydrogen-bond acceptors (Lipinski definition) is 2. The third-order valence-corrected chi connectivity index (χ3v) is 1.22. The minimum Gasteiger partial charge on any atom is -0.192 e. The first-order valence-electron chi connectivity index (χ1n) is 4.13. The molecular weight excluding hydrogens is 160 g/mol. The van der Waals surface area contributed by atoms with E-state index in [9.17, 15) is 0 Å². The van der Waals surface area contributed by atoms with Gasteiger partial charge in [0, 0.05) is 13.5 Å². The zero-order chi connectivity index (χ0) is 10.1. The number of azo groups is 1. The van der Waals surface area contributed by atoms with Gasteiger partial charge in [0.05, 0.1) is 5.70 Å². The molecule has 0 aliphatic carbocycles. The maximum atomic E-state index is 3.79. The SMILES string of the molecule is C=C(C)/C=C\C=C/CC(=C)/N=N\C. The third-order valence-electron chi connectivity index (χ3n) is 1.22.